The molecule has 0 aromatic heterocycles. The molecule has 2 aliphatic rings. The average molecular weight is 342 g/mol. The highest BCUT2D eigenvalue weighted by Crippen LogP contribution is 2.53. The zero-order chi connectivity index (χ0) is 18.6. The van der Waals surface area contributed by atoms with E-state index in [0.717, 1.165) is 25.0 Å². The molecular formula is C18H30O6. The SMILES string of the molecule is C=CC(=O)O.C=CC(=O)O.OCC1(CO)CCC2(CCCC2)CC1. The quantitative estimate of drug-likeness (QED) is 0.584. The van der Waals surface area contributed by atoms with Crippen LogP contribution in [-0.4, -0.2) is 45.6 Å². The van der Waals surface area contributed by atoms with Crippen molar-refractivity contribution in [2.45, 2.75) is 51.4 Å². The van der Waals surface area contributed by atoms with Gasteiger partial charge in [0.15, 0.2) is 0 Å². The minimum Gasteiger partial charge on any atom is -0.478 e. The number of carbonyl (C=O) groups is 2. The second-order valence-corrected chi connectivity index (χ2v) is 6.61. The van der Waals surface area contributed by atoms with Crippen LogP contribution in [0.25, 0.3) is 0 Å². The summed E-state index contributed by atoms with van der Waals surface area (Å²) in [5, 5.41) is 33.8. The molecule has 138 valence electrons. The molecule has 4 N–H and O–H groups in total. The predicted octanol–water partition coefficient (Wildman–Crippen LogP) is 2.61. The van der Waals surface area contributed by atoms with Crippen LogP contribution in [-0.2, 0) is 9.59 Å². The molecule has 2 fully saturated rings. The third kappa shape index (κ3) is 7.75. The lowest BCUT2D eigenvalue weighted by atomic mass is 9.63. The molecule has 0 aromatic carbocycles. The van der Waals surface area contributed by atoms with Crippen molar-refractivity contribution < 1.29 is 30.0 Å². The smallest absolute Gasteiger partial charge is 0.327 e. The summed E-state index contributed by atoms with van der Waals surface area (Å²) in [6.45, 7) is 6.25. The maximum absolute atomic E-state index is 9.31. The maximum atomic E-state index is 9.31. The molecule has 0 atom stereocenters. The van der Waals surface area contributed by atoms with E-state index in [1.54, 1.807) is 0 Å². The van der Waals surface area contributed by atoms with Crippen LogP contribution in [0.1, 0.15) is 51.4 Å². The minimum atomic E-state index is -0.981. The van der Waals surface area contributed by atoms with Crippen molar-refractivity contribution in [3.8, 4) is 0 Å². The van der Waals surface area contributed by atoms with Crippen molar-refractivity contribution in [3.63, 3.8) is 0 Å². The van der Waals surface area contributed by atoms with Crippen molar-refractivity contribution in [1.82, 2.24) is 0 Å². The van der Waals surface area contributed by atoms with Gasteiger partial charge in [0.05, 0.1) is 13.2 Å². The van der Waals surface area contributed by atoms with Gasteiger partial charge in [-0.1, -0.05) is 26.0 Å². The third-order valence-electron chi connectivity index (χ3n) is 5.06. The van der Waals surface area contributed by atoms with E-state index < -0.39 is 11.9 Å². The summed E-state index contributed by atoms with van der Waals surface area (Å²) >= 11 is 0. The summed E-state index contributed by atoms with van der Waals surface area (Å²) in [5.41, 5.74) is 0.460. The first-order valence-corrected chi connectivity index (χ1v) is 8.21. The van der Waals surface area contributed by atoms with Crippen LogP contribution in [0.2, 0.25) is 0 Å². The van der Waals surface area contributed by atoms with Crippen LogP contribution < -0.4 is 0 Å². The number of carboxylic acids is 2. The van der Waals surface area contributed by atoms with Gasteiger partial charge >= 0.3 is 11.9 Å². The first-order valence-electron chi connectivity index (χ1n) is 8.21. The first-order chi connectivity index (χ1) is 11.3. The molecule has 0 aromatic rings. The fourth-order valence-corrected chi connectivity index (χ4v) is 3.30. The molecule has 0 aliphatic heterocycles. The highest BCUT2D eigenvalue weighted by Gasteiger charge is 2.43. The molecule has 6 nitrogen and oxygen atoms in total. The minimum absolute atomic E-state index is 0.145. The van der Waals surface area contributed by atoms with E-state index in [1.807, 2.05) is 0 Å². The molecular weight excluding hydrogens is 312 g/mol. The zero-order valence-corrected chi connectivity index (χ0v) is 14.2. The van der Waals surface area contributed by atoms with Crippen molar-refractivity contribution >= 4 is 11.9 Å². The van der Waals surface area contributed by atoms with Gasteiger partial charge in [0.25, 0.3) is 0 Å². The Labute approximate surface area is 143 Å². The van der Waals surface area contributed by atoms with Gasteiger partial charge in [-0.25, -0.2) is 9.59 Å². The van der Waals surface area contributed by atoms with Crippen molar-refractivity contribution in [2.75, 3.05) is 13.2 Å². The van der Waals surface area contributed by atoms with Crippen LogP contribution >= 0.6 is 0 Å². The fraction of sp³-hybridized carbons (Fsp3) is 0.667. The van der Waals surface area contributed by atoms with Gasteiger partial charge < -0.3 is 20.4 Å². The van der Waals surface area contributed by atoms with E-state index in [1.165, 1.54) is 38.5 Å². The Kier molecular flexibility index (Phi) is 10.2. The summed E-state index contributed by atoms with van der Waals surface area (Å²) in [7, 11) is 0. The van der Waals surface area contributed by atoms with Gasteiger partial charge in [-0.2, -0.15) is 0 Å². The topological polar surface area (TPSA) is 115 Å². The van der Waals surface area contributed by atoms with Crippen molar-refractivity contribution in [2.24, 2.45) is 10.8 Å². The molecule has 0 heterocycles. The van der Waals surface area contributed by atoms with Crippen LogP contribution in [0.15, 0.2) is 25.3 Å². The number of aliphatic carboxylic acids is 2. The van der Waals surface area contributed by atoms with Gasteiger partial charge in [-0.05, 0) is 43.9 Å². The number of aliphatic hydroxyl groups excluding tert-OH is 2. The Morgan fingerprint density at radius 3 is 1.38 bits per heavy atom. The van der Waals surface area contributed by atoms with Gasteiger partial charge in [0, 0.05) is 17.6 Å². The van der Waals surface area contributed by atoms with E-state index >= 15 is 0 Å². The van der Waals surface area contributed by atoms with Crippen LogP contribution in [0, 0.1) is 10.8 Å². The van der Waals surface area contributed by atoms with Gasteiger partial charge in [0.2, 0.25) is 0 Å². The van der Waals surface area contributed by atoms with Gasteiger partial charge in [0.1, 0.15) is 0 Å². The van der Waals surface area contributed by atoms with E-state index in [-0.39, 0.29) is 18.6 Å². The van der Waals surface area contributed by atoms with E-state index in [2.05, 4.69) is 13.2 Å². The predicted molar refractivity (Wildman–Crippen MR) is 91.6 cm³/mol. The van der Waals surface area contributed by atoms with Crippen LogP contribution in [0.3, 0.4) is 0 Å². The number of aliphatic hydroxyl groups is 2. The Morgan fingerprint density at radius 1 is 0.792 bits per heavy atom. The first kappa shape index (κ1) is 22.3. The zero-order valence-electron chi connectivity index (χ0n) is 14.2. The van der Waals surface area contributed by atoms with Crippen LogP contribution in [0.4, 0.5) is 0 Å². The molecule has 0 bridgehead atoms. The van der Waals surface area contributed by atoms with Crippen molar-refractivity contribution in [1.29, 1.82) is 0 Å². The lowest BCUT2D eigenvalue weighted by molar-refractivity contribution is -0.132. The lowest BCUT2D eigenvalue weighted by Gasteiger charge is -2.43. The number of rotatable bonds is 4. The molecule has 6 heteroatoms. The van der Waals surface area contributed by atoms with E-state index in [0.29, 0.717) is 5.41 Å². The molecule has 0 amide bonds. The van der Waals surface area contributed by atoms with E-state index in [9.17, 15) is 19.8 Å². The molecule has 2 saturated carbocycles. The number of hydrogen-bond donors (Lipinski definition) is 4. The Morgan fingerprint density at radius 2 is 1.12 bits per heavy atom. The summed E-state index contributed by atoms with van der Waals surface area (Å²) in [5.74, 6) is -1.96. The lowest BCUT2D eigenvalue weighted by Crippen LogP contribution is -2.38. The molecule has 2 aliphatic carbocycles. The Bertz CT molecular complexity index is 383. The largest absolute Gasteiger partial charge is 0.478 e. The third-order valence-corrected chi connectivity index (χ3v) is 5.06. The van der Waals surface area contributed by atoms with Gasteiger partial charge in [-0.3, -0.25) is 0 Å². The molecule has 0 radical (unpaired) electrons. The molecule has 1 spiro atoms. The number of carboxylic acid groups (broad SMARTS) is 2. The van der Waals surface area contributed by atoms with Crippen LogP contribution in [0.5, 0.6) is 0 Å². The maximum Gasteiger partial charge on any atom is 0.327 e. The normalized spacial score (nSPS) is 19.9. The molecule has 2 rings (SSSR count). The molecule has 0 saturated heterocycles. The highest BCUT2D eigenvalue weighted by molar-refractivity contribution is 5.79. The standard InChI is InChI=1S/C12H22O2.2C3H4O2/c13-9-12(10-14)7-5-11(6-8-12)3-1-2-4-11;2*1-2-3(4)5/h13-14H,1-10H2;2*2H,1H2,(H,4,5). The summed E-state index contributed by atoms with van der Waals surface area (Å²) in [6, 6.07) is 0. The van der Waals surface area contributed by atoms with Crippen molar-refractivity contribution in [3.05, 3.63) is 25.3 Å². The second kappa shape index (κ2) is 11.0. The van der Waals surface area contributed by atoms with E-state index in [4.69, 9.17) is 10.2 Å². The Balaban J connectivity index is 0.000000442. The fourth-order valence-electron chi connectivity index (χ4n) is 3.30. The number of hydrogen-bond acceptors (Lipinski definition) is 4. The second-order valence-electron chi connectivity index (χ2n) is 6.61. The Hall–Kier alpha value is -1.66. The molecule has 24 heavy (non-hydrogen) atoms. The summed E-state index contributed by atoms with van der Waals surface area (Å²) in [6.07, 6.45) is 11.7. The van der Waals surface area contributed by atoms with Gasteiger partial charge in [-0.15, -0.1) is 0 Å². The summed E-state index contributed by atoms with van der Waals surface area (Å²) in [4.78, 5) is 18.5. The highest BCUT2D eigenvalue weighted by atomic mass is 16.4. The average Bonchev–Trinajstić information content (AvgIpc) is 3.05. The summed E-state index contributed by atoms with van der Waals surface area (Å²) < 4.78 is 0. The molecule has 0 unspecified atom stereocenters. The monoisotopic (exact) mass is 342 g/mol.